The Morgan fingerprint density at radius 2 is 1.88 bits per heavy atom. The van der Waals surface area contributed by atoms with Crippen molar-refractivity contribution in [3.63, 3.8) is 0 Å². The molecule has 0 radical (unpaired) electrons. The van der Waals surface area contributed by atoms with Crippen molar-refractivity contribution in [2.75, 3.05) is 5.32 Å². The van der Waals surface area contributed by atoms with Crippen LogP contribution < -0.4 is 10.1 Å². The minimum absolute atomic E-state index is 0.0151. The molecule has 0 aliphatic rings. The summed E-state index contributed by atoms with van der Waals surface area (Å²) in [7, 11) is 0. The normalized spacial score (nSPS) is 10.9. The highest BCUT2D eigenvalue weighted by Gasteiger charge is 2.18. The van der Waals surface area contributed by atoms with Crippen LogP contribution in [0, 0.1) is 28.4 Å². The SMILES string of the molecule is Cc1ccc(NC(=O)/C(C#N)=C/c2ccc(OCc3ccc(Cl)cc3Cl)cc2)c([N+](=O)[O-])c1. The number of hydrogen-bond donors (Lipinski definition) is 1. The van der Waals surface area contributed by atoms with Gasteiger partial charge in [-0.3, -0.25) is 14.9 Å². The molecule has 0 bridgehead atoms. The molecule has 0 aromatic heterocycles. The van der Waals surface area contributed by atoms with Gasteiger partial charge in [-0.15, -0.1) is 0 Å². The molecular weight excluding hydrogens is 465 g/mol. The van der Waals surface area contributed by atoms with Gasteiger partial charge in [-0.2, -0.15) is 5.26 Å². The van der Waals surface area contributed by atoms with E-state index in [4.69, 9.17) is 27.9 Å². The Bertz CT molecular complexity index is 1280. The number of anilines is 1. The number of nitrogens with zero attached hydrogens (tertiary/aromatic N) is 2. The van der Waals surface area contributed by atoms with E-state index in [1.54, 1.807) is 55.5 Å². The Kier molecular flexibility index (Phi) is 7.67. The van der Waals surface area contributed by atoms with Crippen molar-refractivity contribution < 1.29 is 14.5 Å². The molecule has 7 nitrogen and oxygen atoms in total. The number of nitriles is 1. The second-order valence-corrected chi connectivity index (χ2v) is 7.84. The molecule has 0 aliphatic heterocycles. The lowest BCUT2D eigenvalue weighted by Crippen LogP contribution is -2.14. The number of carbonyl (C=O) groups excluding carboxylic acids is 1. The van der Waals surface area contributed by atoms with Gasteiger partial charge in [-0.05, 0) is 54.5 Å². The van der Waals surface area contributed by atoms with Crippen molar-refractivity contribution in [3.8, 4) is 11.8 Å². The van der Waals surface area contributed by atoms with E-state index in [0.717, 1.165) is 5.56 Å². The lowest BCUT2D eigenvalue weighted by Gasteiger charge is -2.09. The average Bonchev–Trinajstić information content (AvgIpc) is 2.78. The van der Waals surface area contributed by atoms with Gasteiger partial charge in [0, 0.05) is 21.7 Å². The topological polar surface area (TPSA) is 105 Å². The van der Waals surface area contributed by atoms with Gasteiger partial charge in [0.25, 0.3) is 11.6 Å². The molecule has 0 atom stereocenters. The van der Waals surface area contributed by atoms with E-state index >= 15 is 0 Å². The number of nitrogens with one attached hydrogen (secondary N) is 1. The first-order chi connectivity index (χ1) is 15.8. The van der Waals surface area contributed by atoms with Crippen LogP contribution in [0.5, 0.6) is 5.75 Å². The second kappa shape index (κ2) is 10.6. The summed E-state index contributed by atoms with van der Waals surface area (Å²) in [6, 6.07) is 18.1. The number of nitro benzene ring substituents is 1. The maximum Gasteiger partial charge on any atom is 0.293 e. The van der Waals surface area contributed by atoms with E-state index in [2.05, 4.69) is 5.32 Å². The van der Waals surface area contributed by atoms with E-state index in [-0.39, 0.29) is 23.6 Å². The molecular formula is C24H17Cl2N3O4. The standard InChI is InChI=1S/C24H17Cl2N3O4/c1-15-2-9-22(23(10-15)29(31)32)28-24(30)18(13-27)11-16-3-7-20(8-4-16)33-14-17-5-6-19(25)12-21(17)26/h2-12H,14H2,1H3,(H,28,30)/b18-11+. The van der Waals surface area contributed by atoms with Crippen molar-refractivity contribution in [2.24, 2.45) is 0 Å². The van der Waals surface area contributed by atoms with Gasteiger partial charge in [-0.1, -0.05) is 47.5 Å². The second-order valence-electron chi connectivity index (χ2n) is 7.00. The first kappa shape index (κ1) is 23.8. The number of rotatable bonds is 7. The van der Waals surface area contributed by atoms with Gasteiger partial charge in [0.05, 0.1) is 4.92 Å². The smallest absolute Gasteiger partial charge is 0.293 e. The summed E-state index contributed by atoms with van der Waals surface area (Å²) in [6.45, 7) is 1.95. The molecule has 0 unspecified atom stereocenters. The molecule has 0 saturated carbocycles. The molecule has 0 fully saturated rings. The van der Waals surface area contributed by atoms with Crippen LogP contribution in [0.1, 0.15) is 16.7 Å². The molecule has 0 saturated heterocycles. The molecule has 166 valence electrons. The minimum atomic E-state index is -0.748. The fraction of sp³-hybridized carbons (Fsp3) is 0.0833. The maximum atomic E-state index is 12.5. The molecule has 9 heteroatoms. The number of hydrogen-bond acceptors (Lipinski definition) is 5. The summed E-state index contributed by atoms with van der Waals surface area (Å²) < 4.78 is 5.71. The van der Waals surface area contributed by atoms with Crippen molar-refractivity contribution >= 4 is 46.6 Å². The van der Waals surface area contributed by atoms with Crippen LogP contribution in [0.25, 0.3) is 6.08 Å². The maximum absolute atomic E-state index is 12.5. The third kappa shape index (κ3) is 6.32. The summed E-state index contributed by atoms with van der Waals surface area (Å²) in [5.74, 6) is -0.182. The average molecular weight is 482 g/mol. The van der Waals surface area contributed by atoms with Crippen molar-refractivity contribution in [3.05, 3.63) is 103 Å². The molecule has 3 rings (SSSR count). The molecule has 1 amide bonds. The number of benzene rings is 3. The number of halogens is 2. The van der Waals surface area contributed by atoms with Gasteiger partial charge >= 0.3 is 0 Å². The number of carbonyl (C=O) groups is 1. The fourth-order valence-corrected chi connectivity index (χ4v) is 3.33. The predicted molar refractivity (Wildman–Crippen MR) is 127 cm³/mol. The predicted octanol–water partition coefficient (Wildman–Crippen LogP) is 6.33. The summed E-state index contributed by atoms with van der Waals surface area (Å²) in [5, 5.41) is 24.1. The molecule has 1 N–H and O–H groups in total. The van der Waals surface area contributed by atoms with Crippen LogP contribution in [0.4, 0.5) is 11.4 Å². The lowest BCUT2D eigenvalue weighted by atomic mass is 10.1. The zero-order valence-electron chi connectivity index (χ0n) is 17.3. The van der Waals surface area contributed by atoms with Gasteiger partial charge in [0.2, 0.25) is 0 Å². The summed E-state index contributed by atoms with van der Waals surface area (Å²) in [4.78, 5) is 23.2. The summed E-state index contributed by atoms with van der Waals surface area (Å²) >= 11 is 12.0. The molecule has 0 aliphatic carbocycles. The molecule has 33 heavy (non-hydrogen) atoms. The van der Waals surface area contributed by atoms with E-state index in [1.807, 2.05) is 6.07 Å². The van der Waals surface area contributed by atoms with Crippen LogP contribution in [-0.4, -0.2) is 10.8 Å². The zero-order chi connectivity index (χ0) is 24.0. The highest BCUT2D eigenvalue weighted by Crippen LogP contribution is 2.26. The number of ether oxygens (including phenoxy) is 1. The van der Waals surface area contributed by atoms with E-state index in [0.29, 0.717) is 26.9 Å². The van der Waals surface area contributed by atoms with Crippen LogP contribution in [-0.2, 0) is 11.4 Å². The molecule has 0 spiro atoms. The highest BCUT2D eigenvalue weighted by molar-refractivity contribution is 6.35. The van der Waals surface area contributed by atoms with Crippen LogP contribution in [0.15, 0.2) is 66.2 Å². The van der Waals surface area contributed by atoms with Gasteiger partial charge in [0.1, 0.15) is 29.7 Å². The Balaban J connectivity index is 1.70. The quantitative estimate of drug-likeness (QED) is 0.183. The van der Waals surface area contributed by atoms with Gasteiger partial charge in [0.15, 0.2) is 0 Å². The summed E-state index contributed by atoms with van der Waals surface area (Å²) in [6.07, 6.45) is 1.38. The monoisotopic (exact) mass is 481 g/mol. The van der Waals surface area contributed by atoms with E-state index in [9.17, 15) is 20.2 Å². The first-order valence-electron chi connectivity index (χ1n) is 9.62. The van der Waals surface area contributed by atoms with Crippen molar-refractivity contribution in [1.82, 2.24) is 0 Å². The van der Waals surface area contributed by atoms with E-state index in [1.165, 1.54) is 18.2 Å². The summed E-state index contributed by atoms with van der Waals surface area (Å²) in [5.41, 5.74) is 1.60. The van der Waals surface area contributed by atoms with Crippen LogP contribution in [0.3, 0.4) is 0 Å². The Hall–Kier alpha value is -3.86. The number of amides is 1. The minimum Gasteiger partial charge on any atom is -0.489 e. The van der Waals surface area contributed by atoms with Gasteiger partial charge in [-0.25, -0.2) is 0 Å². The van der Waals surface area contributed by atoms with Crippen molar-refractivity contribution in [1.29, 1.82) is 5.26 Å². The van der Waals surface area contributed by atoms with Crippen molar-refractivity contribution in [2.45, 2.75) is 13.5 Å². The Morgan fingerprint density at radius 1 is 1.15 bits per heavy atom. The lowest BCUT2D eigenvalue weighted by molar-refractivity contribution is -0.384. The third-order valence-electron chi connectivity index (χ3n) is 4.56. The largest absolute Gasteiger partial charge is 0.489 e. The number of aryl methyl sites for hydroxylation is 1. The van der Waals surface area contributed by atoms with Gasteiger partial charge < -0.3 is 10.1 Å². The Labute approximate surface area is 200 Å². The Morgan fingerprint density at radius 3 is 2.52 bits per heavy atom. The molecule has 3 aromatic carbocycles. The fourth-order valence-electron chi connectivity index (χ4n) is 2.86. The zero-order valence-corrected chi connectivity index (χ0v) is 18.9. The molecule has 3 aromatic rings. The number of nitro groups is 1. The van der Waals surface area contributed by atoms with Crippen LogP contribution >= 0.6 is 23.2 Å². The third-order valence-corrected chi connectivity index (χ3v) is 5.15. The van der Waals surface area contributed by atoms with E-state index < -0.39 is 10.8 Å². The molecule has 0 heterocycles. The van der Waals surface area contributed by atoms with Crippen LogP contribution in [0.2, 0.25) is 10.0 Å². The highest BCUT2D eigenvalue weighted by atomic mass is 35.5. The first-order valence-corrected chi connectivity index (χ1v) is 10.4.